The van der Waals surface area contributed by atoms with Gasteiger partial charge in [-0.05, 0) is 49.4 Å². The Balaban J connectivity index is 1.43. The van der Waals surface area contributed by atoms with Crippen molar-refractivity contribution in [2.24, 2.45) is 0 Å². The molecule has 0 aromatic carbocycles. The minimum atomic E-state index is 0.0755. The van der Waals surface area contributed by atoms with Gasteiger partial charge in [0.05, 0.1) is 0 Å². The summed E-state index contributed by atoms with van der Waals surface area (Å²) in [6.07, 6.45) is 5.21. The number of aromatic nitrogens is 3. The van der Waals surface area contributed by atoms with Crippen LogP contribution in [0.25, 0.3) is 5.82 Å². The molecule has 0 aliphatic carbocycles. The molecule has 0 aliphatic rings. The molecule has 3 rings (SSSR count). The maximum absolute atomic E-state index is 12.0. The van der Waals surface area contributed by atoms with E-state index in [0.717, 1.165) is 18.1 Å². The Morgan fingerprint density at radius 3 is 2.73 bits per heavy atom. The molecule has 1 amide bonds. The number of aryl methyl sites for hydroxylation is 3. The molecule has 0 fully saturated rings. The number of rotatable bonds is 8. The highest BCUT2D eigenvalue weighted by Crippen LogP contribution is 2.17. The van der Waals surface area contributed by atoms with Crippen molar-refractivity contribution >= 4 is 23.1 Å². The number of hydrogen-bond acceptors (Lipinski definition) is 5. The van der Waals surface area contributed by atoms with Gasteiger partial charge in [0.1, 0.15) is 17.5 Å². The number of hydrogen-bond donors (Lipinski definition) is 2. The Morgan fingerprint density at radius 1 is 1.19 bits per heavy atom. The van der Waals surface area contributed by atoms with Gasteiger partial charge in [-0.2, -0.15) is 0 Å². The first-order chi connectivity index (χ1) is 12.6. The summed E-state index contributed by atoms with van der Waals surface area (Å²) in [6.45, 7) is 5.13. The van der Waals surface area contributed by atoms with Crippen LogP contribution in [-0.2, 0) is 11.2 Å². The predicted octanol–water partition coefficient (Wildman–Crippen LogP) is 3.11. The summed E-state index contributed by atoms with van der Waals surface area (Å²) < 4.78 is 1.94. The SMILES string of the molecule is Cc1nc(NCCNC(=O)CCc2sccc2C)cc(-n2cccc2)n1. The molecule has 26 heavy (non-hydrogen) atoms. The number of amides is 1. The fraction of sp³-hybridized carbons (Fsp3) is 0.316. The zero-order valence-corrected chi connectivity index (χ0v) is 15.8. The van der Waals surface area contributed by atoms with E-state index < -0.39 is 0 Å². The van der Waals surface area contributed by atoms with Gasteiger partial charge in [0.15, 0.2) is 0 Å². The van der Waals surface area contributed by atoms with E-state index in [-0.39, 0.29) is 5.91 Å². The van der Waals surface area contributed by atoms with Gasteiger partial charge < -0.3 is 15.2 Å². The number of carbonyl (C=O) groups excluding carboxylic acids is 1. The van der Waals surface area contributed by atoms with E-state index in [0.29, 0.717) is 25.3 Å². The topological polar surface area (TPSA) is 71.8 Å². The molecule has 0 aliphatic heterocycles. The Labute approximate surface area is 157 Å². The molecule has 7 heteroatoms. The molecular weight excluding hydrogens is 346 g/mol. The second kappa shape index (κ2) is 8.62. The van der Waals surface area contributed by atoms with Crippen molar-refractivity contribution < 1.29 is 4.79 Å². The average Bonchev–Trinajstić information content (AvgIpc) is 3.28. The minimum Gasteiger partial charge on any atom is -0.368 e. The van der Waals surface area contributed by atoms with Crippen molar-refractivity contribution in [1.82, 2.24) is 19.9 Å². The van der Waals surface area contributed by atoms with Crippen LogP contribution in [0.4, 0.5) is 5.82 Å². The van der Waals surface area contributed by atoms with Crippen LogP contribution in [0.3, 0.4) is 0 Å². The van der Waals surface area contributed by atoms with Gasteiger partial charge in [0.25, 0.3) is 0 Å². The standard InChI is InChI=1S/C19H23N5OS/c1-14-7-12-26-16(14)5-6-19(25)21-9-8-20-17-13-18(23-15(2)22-17)24-10-3-4-11-24/h3-4,7,10-13H,5-6,8-9H2,1-2H3,(H,21,25)(H,20,22,23). The molecule has 3 aromatic rings. The maximum Gasteiger partial charge on any atom is 0.220 e. The first-order valence-electron chi connectivity index (χ1n) is 8.64. The number of carbonyl (C=O) groups is 1. The normalized spacial score (nSPS) is 10.7. The summed E-state index contributed by atoms with van der Waals surface area (Å²) in [5, 5.41) is 8.26. The van der Waals surface area contributed by atoms with Gasteiger partial charge in [-0.15, -0.1) is 11.3 Å². The summed E-state index contributed by atoms with van der Waals surface area (Å²) in [7, 11) is 0. The third kappa shape index (κ3) is 4.92. The molecule has 0 saturated carbocycles. The first-order valence-corrected chi connectivity index (χ1v) is 9.52. The molecule has 3 heterocycles. The van der Waals surface area contributed by atoms with Crippen molar-refractivity contribution in [3.63, 3.8) is 0 Å². The molecule has 136 valence electrons. The van der Waals surface area contributed by atoms with Crippen molar-refractivity contribution in [1.29, 1.82) is 0 Å². The van der Waals surface area contributed by atoms with Gasteiger partial charge >= 0.3 is 0 Å². The van der Waals surface area contributed by atoms with Gasteiger partial charge in [-0.1, -0.05) is 0 Å². The van der Waals surface area contributed by atoms with E-state index in [1.54, 1.807) is 11.3 Å². The van der Waals surface area contributed by atoms with Crippen molar-refractivity contribution in [2.75, 3.05) is 18.4 Å². The van der Waals surface area contributed by atoms with E-state index in [1.807, 2.05) is 42.1 Å². The first kappa shape index (κ1) is 18.1. The fourth-order valence-electron chi connectivity index (χ4n) is 2.63. The molecule has 0 spiro atoms. The predicted molar refractivity (Wildman–Crippen MR) is 105 cm³/mol. The Morgan fingerprint density at radius 2 is 2.00 bits per heavy atom. The Kier molecular flexibility index (Phi) is 6.01. The van der Waals surface area contributed by atoms with Crippen LogP contribution in [-0.4, -0.2) is 33.5 Å². The van der Waals surface area contributed by atoms with E-state index in [4.69, 9.17) is 0 Å². The molecule has 6 nitrogen and oxygen atoms in total. The molecular formula is C19H23N5OS. The number of nitrogens with zero attached hydrogens (tertiary/aromatic N) is 3. The largest absolute Gasteiger partial charge is 0.368 e. The van der Waals surface area contributed by atoms with Crippen LogP contribution in [0.2, 0.25) is 0 Å². The second-order valence-electron chi connectivity index (χ2n) is 6.05. The number of thiophene rings is 1. The van der Waals surface area contributed by atoms with Gasteiger partial charge in [0.2, 0.25) is 5.91 Å². The lowest BCUT2D eigenvalue weighted by atomic mass is 10.2. The van der Waals surface area contributed by atoms with Gasteiger partial charge in [-0.3, -0.25) is 4.79 Å². The molecule has 0 radical (unpaired) electrons. The second-order valence-corrected chi connectivity index (χ2v) is 7.05. The highest BCUT2D eigenvalue weighted by atomic mass is 32.1. The lowest BCUT2D eigenvalue weighted by molar-refractivity contribution is -0.120. The highest BCUT2D eigenvalue weighted by molar-refractivity contribution is 7.10. The highest BCUT2D eigenvalue weighted by Gasteiger charge is 2.06. The van der Waals surface area contributed by atoms with Crippen LogP contribution >= 0.6 is 11.3 Å². The summed E-state index contributed by atoms with van der Waals surface area (Å²) in [5.74, 6) is 2.35. The van der Waals surface area contributed by atoms with Crippen molar-refractivity contribution in [3.05, 3.63) is 58.3 Å². The summed E-state index contributed by atoms with van der Waals surface area (Å²) >= 11 is 1.71. The molecule has 0 bridgehead atoms. The summed E-state index contributed by atoms with van der Waals surface area (Å²) in [6, 6.07) is 7.90. The zero-order chi connectivity index (χ0) is 18.4. The number of nitrogens with one attached hydrogen (secondary N) is 2. The van der Waals surface area contributed by atoms with Crippen LogP contribution in [0, 0.1) is 13.8 Å². The Hall–Kier alpha value is -2.67. The van der Waals surface area contributed by atoms with E-state index in [2.05, 4.69) is 39.0 Å². The number of anilines is 1. The summed E-state index contributed by atoms with van der Waals surface area (Å²) in [4.78, 5) is 22.1. The third-order valence-electron chi connectivity index (χ3n) is 3.99. The maximum atomic E-state index is 12.0. The minimum absolute atomic E-state index is 0.0755. The van der Waals surface area contributed by atoms with Crippen molar-refractivity contribution in [2.45, 2.75) is 26.7 Å². The fourth-order valence-corrected chi connectivity index (χ4v) is 3.54. The average molecular weight is 369 g/mol. The molecule has 0 saturated heterocycles. The van der Waals surface area contributed by atoms with Crippen LogP contribution in [0.1, 0.15) is 22.7 Å². The monoisotopic (exact) mass is 369 g/mol. The smallest absolute Gasteiger partial charge is 0.220 e. The quantitative estimate of drug-likeness (QED) is 0.599. The summed E-state index contributed by atoms with van der Waals surface area (Å²) in [5.41, 5.74) is 1.27. The van der Waals surface area contributed by atoms with Crippen LogP contribution < -0.4 is 10.6 Å². The third-order valence-corrected chi connectivity index (χ3v) is 5.08. The van der Waals surface area contributed by atoms with Crippen LogP contribution in [0.5, 0.6) is 0 Å². The lowest BCUT2D eigenvalue weighted by Gasteiger charge is -2.10. The van der Waals surface area contributed by atoms with Crippen molar-refractivity contribution in [3.8, 4) is 5.82 Å². The van der Waals surface area contributed by atoms with Gasteiger partial charge in [-0.25, -0.2) is 9.97 Å². The molecule has 0 unspecified atom stereocenters. The van der Waals surface area contributed by atoms with E-state index >= 15 is 0 Å². The zero-order valence-electron chi connectivity index (χ0n) is 15.0. The Bertz CT molecular complexity index is 857. The van der Waals surface area contributed by atoms with E-state index in [1.165, 1.54) is 10.4 Å². The lowest BCUT2D eigenvalue weighted by Crippen LogP contribution is -2.29. The molecule has 0 atom stereocenters. The molecule has 2 N–H and O–H groups in total. The van der Waals surface area contributed by atoms with E-state index in [9.17, 15) is 4.79 Å². The molecule has 3 aromatic heterocycles. The van der Waals surface area contributed by atoms with Gasteiger partial charge in [0, 0.05) is 42.8 Å². The van der Waals surface area contributed by atoms with Crippen LogP contribution in [0.15, 0.2) is 42.0 Å².